The fourth-order valence-corrected chi connectivity index (χ4v) is 2.25. The fraction of sp³-hybridized carbons (Fsp3) is 0.0667. The molecule has 0 fully saturated rings. The number of rotatable bonds is 3. The van der Waals surface area contributed by atoms with Crippen LogP contribution in [0.3, 0.4) is 0 Å². The Hall–Kier alpha value is -3.02. The fourth-order valence-electron chi connectivity index (χ4n) is 2.25. The van der Waals surface area contributed by atoms with Crippen molar-refractivity contribution in [1.29, 1.82) is 0 Å². The van der Waals surface area contributed by atoms with E-state index in [1.54, 1.807) is 0 Å². The van der Waals surface area contributed by atoms with Crippen LogP contribution in [-0.2, 0) is 6.54 Å². The molecule has 106 valence electrons. The number of nitrogen functional groups attached to an aromatic ring is 3. The summed E-state index contributed by atoms with van der Waals surface area (Å²) < 4.78 is 0. The molecule has 6 nitrogen and oxygen atoms in total. The first-order valence-electron chi connectivity index (χ1n) is 6.54. The van der Waals surface area contributed by atoms with Crippen molar-refractivity contribution in [2.75, 3.05) is 22.5 Å². The van der Waals surface area contributed by atoms with Gasteiger partial charge < -0.3 is 22.5 Å². The molecule has 0 aliphatic heterocycles. The molecular weight excluding hydrogens is 264 g/mol. The van der Waals surface area contributed by atoms with Crippen molar-refractivity contribution in [3.63, 3.8) is 0 Å². The minimum absolute atomic E-state index is 0.143. The van der Waals surface area contributed by atoms with E-state index in [1.165, 1.54) is 5.56 Å². The van der Waals surface area contributed by atoms with Crippen molar-refractivity contribution >= 4 is 34.0 Å². The highest BCUT2D eigenvalue weighted by molar-refractivity contribution is 6.03. The van der Waals surface area contributed by atoms with E-state index >= 15 is 0 Å². The molecule has 0 amide bonds. The Morgan fingerprint density at radius 1 is 0.905 bits per heavy atom. The lowest BCUT2D eigenvalue weighted by molar-refractivity contribution is 1.15. The number of fused-ring (bicyclic) bond motifs is 1. The topological polar surface area (TPSA) is 116 Å². The lowest BCUT2D eigenvalue weighted by Gasteiger charge is -2.12. The average Bonchev–Trinajstić information content (AvgIpc) is 2.47. The van der Waals surface area contributed by atoms with E-state index in [9.17, 15) is 0 Å². The van der Waals surface area contributed by atoms with Gasteiger partial charge in [0.05, 0.1) is 22.3 Å². The summed E-state index contributed by atoms with van der Waals surface area (Å²) in [5, 5.41) is 3.92. The minimum atomic E-state index is 0.143. The van der Waals surface area contributed by atoms with Gasteiger partial charge in [-0.25, -0.2) is 4.98 Å². The molecule has 6 heteroatoms. The molecule has 0 bridgehead atoms. The van der Waals surface area contributed by atoms with E-state index < -0.39 is 0 Å². The van der Waals surface area contributed by atoms with Crippen LogP contribution in [0.5, 0.6) is 0 Å². The normalized spacial score (nSPS) is 10.7. The van der Waals surface area contributed by atoms with Crippen LogP contribution >= 0.6 is 0 Å². The molecule has 3 rings (SSSR count). The zero-order chi connectivity index (χ0) is 14.8. The molecule has 21 heavy (non-hydrogen) atoms. The molecular formula is C15H16N6. The third-order valence-corrected chi connectivity index (χ3v) is 3.28. The Kier molecular flexibility index (Phi) is 3.19. The second kappa shape index (κ2) is 5.16. The average molecular weight is 280 g/mol. The van der Waals surface area contributed by atoms with E-state index in [2.05, 4.69) is 15.3 Å². The highest BCUT2D eigenvalue weighted by Crippen LogP contribution is 2.31. The monoisotopic (exact) mass is 280 g/mol. The molecule has 0 saturated heterocycles. The number of hydrogen-bond donors (Lipinski definition) is 4. The maximum Gasteiger partial charge on any atom is 0.222 e. The maximum absolute atomic E-state index is 6.17. The number of nitrogens with one attached hydrogen (secondary N) is 1. The van der Waals surface area contributed by atoms with Gasteiger partial charge in [0.25, 0.3) is 0 Å². The van der Waals surface area contributed by atoms with Gasteiger partial charge in [0.1, 0.15) is 5.82 Å². The summed E-state index contributed by atoms with van der Waals surface area (Å²) in [6.45, 7) is 0.673. The van der Waals surface area contributed by atoms with Crippen molar-refractivity contribution in [1.82, 2.24) is 9.97 Å². The van der Waals surface area contributed by atoms with Gasteiger partial charge in [-0.05, 0) is 17.7 Å². The Labute approximate surface area is 122 Å². The molecule has 0 aliphatic carbocycles. The van der Waals surface area contributed by atoms with Crippen LogP contribution in [0.25, 0.3) is 10.9 Å². The smallest absolute Gasteiger partial charge is 0.222 e. The molecule has 1 heterocycles. The van der Waals surface area contributed by atoms with Gasteiger partial charge >= 0.3 is 0 Å². The maximum atomic E-state index is 6.17. The van der Waals surface area contributed by atoms with Crippen LogP contribution in [-0.4, -0.2) is 9.97 Å². The van der Waals surface area contributed by atoms with Crippen LogP contribution in [0.15, 0.2) is 42.5 Å². The second-order valence-corrected chi connectivity index (χ2v) is 4.73. The van der Waals surface area contributed by atoms with E-state index in [1.807, 2.05) is 42.5 Å². The largest absolute Gasteiger partial charge is 0.396 e. The molecule has 3 aromatic rings. The van der Waals surface area contributed by atoms with Crippen molar-refractivity contribution in [3.05, 3.63) is 48.0 Å². The standard InChI is InChI=1S/C15H16N6/c16-13-11(19-8-9-4-2-1-3-5-9)7-6-10-12(13)14(17)21-15(18)20-10/h1-7,19H,8,16H2,(H4,17,18,20,21). The summed E-state index contributed by atoms with van der Waals surface area (Å²) >= 11 is 0. The second-order valence-electron chi connectivity index (χ2n) is 4.73. The van der Waals surface area contributed by atoms with Gasteiger partial charge in [-0.3, -0.25) is 0 Å². The third kappa shape index (κ3) is 2.51. The Bertz CT molecular complexity index is 785. The first-order valence-corrected chi connectivity index (χ1v) is 6.54. The van der Waals surface area contributed by atoms with Gasteiger partial charge in [-0.2, -0.15) is 4.98 Å². The molecule has 0 saturated carbocycles. The van der Waals surface area contributed by atoms with Crippen molar-refractivity contribution in [2.24, 2.45) is 0 Å². The summed E-state index contributed by atoms with van der Waals surface area (Å²) in [6.07, 6.45) is 0. The van der Waals surface area contributed by atoms with Crippen molar-refractivity contribution in [3.8, 4) is 0 Å². The Morgan fingerprint density at radius 2 is 1.67 bits per heavy atom. The summed E-state index contributed by atoms with van der Waals surface area (Å²) in [7, 11) is 0. The van der Waals surface area contributed by atoms with E-state index in [0.29, 0.717) is 29.0 Å². The molecule has 0 spiro atoms. The van der Waals surface area contributed by atoms with Crippen LogP contribution in [0, 0.1) is 0 Å². The number of hydrogen-bond acceptors (Lipinski definition) is 6. The summed E-state index contributed by atoms with van der Waals surface area (Å²) in [4.78, 5) is 8.09. The first kappa shape index (κ1) is 13.0. The number of aromatic nitrogens is 2. The first-order chi connectivity index (χ1) is 10.1. The molecule has 0 atom stereocenters. The minimum Gasteiger partial charge on any atom is -0.396 e. The van der Waals surface area contributed by atoms with E-state index in [0.717, 1.165) is 5.69 Å². The predicted molar refractivity (Wildman–Crippen MR) is 86.5 cm³/mol. The van der Waals surface area contributed by atoms with Crippen LogP contribution in [0.4, 0.5) is 23.1 Å². The number of anilines is 4. The highest BCUT2D eigenvalue weighted by Gasteiger charge is 2.10. The molecule has 7 N–H and O–H groups in total. The van der Waals surface area contributed by atoms with Crippen LogP contribution in [0.1, 0.15) is 5.56 Å². The Morgan fingerprint density at radius 3 is 2.43 bits per heavy atom. The van der Waals surface area contributed by atoms with Crippen molar-refractivity contribution < 1.29 is 0 Å². The summed E-state index contributed by atoms with van der Waals surface area (Å²) in [5.41, 5.74) is 20.8. The molecule has 1 aromatic heterocycles. The Balaban J connectivity index is 1.95. The molecule has 0 unspecified atom stereocenters. The van der Waals surface area contributed by atoms with Gasteiger partial charge in [0, 0.05) is 6.54 Å². The predicted octanol–water partition coefficient (Wildman–Crippen LogP) is 1.99. The van der Waals surface area contributed by atoms with Crippen molar-refractivity contribution in [2.45, 2.75) is 6.54 Å². The zero-order valence-electron chi connectivity index (χ0n) is 11.4. The van der Waals surface area contributed by atoms with Gasteiger partial charge in [0.2, 0.25) is 5.95 Å². The summed E-state index contributed by atoms with van der Waals surface area (Å²) in [6, 6.07) is 13.8. The lowest BCUT2D eigenvalue weighted by atomic mass is 10.1. The zero-order valence-corrected chi connectivity index (χ0v) is 11.4. The molecule has 0 radical (unpaired) electrons. The van der Waals surface area contributed by atoms with Crippen LogP contribution < -0.4 is 22.5 Å². The lowest BCUT2D eigenvalue weighted by Crippen LogP contribution is -2.06. The number of benzene rings is 2. The summed E-state index contributed by atoms with van der Waals surface area (Å²) in [5.74, 6) is 0.433. The third-order valence-electron chi connectivity index (χ3n) is 3.28. The quantitative estimate of drug-likeness (QED) is 0.545. The van der Waals surface area contributed by atoms with Gasteiger partial charge in [-0.1, -0.05) is 30.3 Å². The van der Waals surface area contributed by atoms with E-state index in [-0.39, 0.29) is 5.95 Å². The van der Waals surface area contributed by atoms with Gasteiger partial charge in [0.15, 0.2) is 0 Å². The van der Waals surface area contributed by atoms with Crippen LogP contribution in [0.2, 0.25) is 0 Å². The molecule has 2 aromatic carbocycles. The number of nitrogens with two attached hydrogens (primary N) is 3. The number of nitrogens with zero attached hydrogens (tertiary/aromatic N) is 2. The van der Waals surface area contributed by atoms with Gasteiger partial charge in [-0.15, -0.1) is 0 Å². The van der Waals surface area contributed by atoms with E-state index in [4.69, 9.17) is 17.2 Å². The SMILES string of the molecule is Nc1nc(N)c2c(N)c(NCc3ccccc3)ccc2n1. The highest BCUT2D eigenvalue weighted by atomic mass is 15.0. The molecule has 0 aliphatic rings.